The molecule has 9 heteroatoms. The van der Waals surface area contributed by atoms with Gasteiger partial charge in [-0.1, -0.05) is 11.8 Å². The van der Waals surface area contributed by atoms with Crippen molar-refractivity contribution in [1.29, 1.82) is 0 Å². The Hall–Kier alpha value is -1.84. The second kappa shape index (κ2) is 6.47. The summed E-state index contributed by atoms with van der Waals surface area (Å²) in [5.41, 5.74) is 1.87. The predicted octanol–water partition coefficient (Wildman–Crippen LogP) is 2.14. The number of carboxylic acids is 1. The van der Waals surface area contributed by atoms with E-state index < -0.39 is 12.0 Å². The molecule has 2 atom stereocenters. The molecule has 1 radical (unpaired) electrons. The SMILES string of the molecule is C[n+]1ccc(-c2csc(SC3=CS[C@@H]4[CH]C(=O)N4C3C(=O)O)n2)cc1. The summed E-state index contributed by atoms with van der Waals surface area (Å²) in [7, 11) is 1.95. The fraction of sp³-hybridized carbons (Fsp3) is 0.188. The number of aliphatic carboxylic acids is 1. The molecule has 127 valence electrons. The van der Waals surface area contributed by atoms with Crippen LogP contribution in [0.1, 0.15) is 0 Å². The number of amides is 1. The summed E-state index contributed by atoms with van der Waals surface area (Å²) in [6, 6.07) is 3.04. The van der Waals surface area contributed by atoms with Gasteiger partial charge in [0.1, 0.15) is 7.05 Å². The van der Waals surface area contributed by atoms with E-state index in [-0.39, 0.29) is 11.3 Å². The summed E-state index contributed by atoms with van der Waals surface area (Å²) in [4.78, 5) is 30.0. The molecule has 1 fully saturated rings. The average molecular weight is 391 g/mol. The fourth-order valence-corrected chi connectivity index (χ4v) is 5.74. The van der Waals surface area contributed by atoms with Gasteiger partial charge in [0.2, 0.25) is 5.91 Å². The molecule has 2 aliphatic heterocycles. The Balaban J connectivity index is 1.56. The number of pyridine rings is 1. The molecule has 2 aromatic heterocycles. The van der Waals surface area contributed by atoms with E-state index in [0.29, 0.717) is 4.91 Å². The molecule has 2 aromatic rings. The van der Waals surface area contributed by atoms with Crippen LogP contribution in [0.25, 0.3) is 11.3 Å². The lowest BCUT2D eigenvalue weighted by Gasteiger charge is -2.45. The second-order valence-corrected chi connectivity index (χ2v) is 8.72. The monoisotopic (exact) mass is 391 g/mol. The van der Waals surface area contributed by atoms with E-state index in [1.54, 1.807) is 0 Å². The van der Waals surface area contributed by atoms with Gasteiger partial charge in [0.05, 0.1) is 17.5 Å². The number of carbonyl (C=O) groups is 2. The number of nitrogens with zero attached hydrogens (tertiary/aromatic N) is 3. The van der Waals surface area contributed by atoms with Gasteiger partial charge in [0, 0.05) is 28.0 Å². The Morgan fingerprint density at radius 2 is 2.16 bits per heavy atom. The van der Waals surface area contributed by atoms with Crippen molar-refractivity contribution in [1.82, 2.24) is 9.88 Å². The van der Waals surface area contributed by atoms with E-state index in [2.05, 4.69) is 4.98 Å². The molecule has 0 bridgehead atoms. The minimum atomic E-state index is -1.02. The minimum Gasteiger partial charge on any atom is -0.479 e. The Labute approximate surface area is 156 Å². The van der Waals surface area contributed by atoms with Crippen LogP contribution < -0.4 is 4.57 Å². The van der Waals surface area contributed by atoms with Crippen molar-refractivity contribution in [3.63, 3.8) is 0 Å². The Kier molecular flexibility index (Phi) is 4.30. The Bertz CT molecular complexity index is 878. The maximum Gasteiger partial charge on any atom is 0.331 e. The number of carboxylic acid groups (broad SMARTS) is 1. The van der Waals surface area contributed by atoms with E-state index in [1.807, 2.05) is 46.9 Å². The van der Waals surface area contributed by atoms with E-state index in [1.165, 1.54) is 46.2 Å². The second-order valence-electron chi connectivity index (χ2n) is 5.55. The van der Waals surface area contributed by atoms with Crippen molar-refractivity contribution in [3.8, 4) is 11.3 Å². The van der Waals surface area contributed by atoms with Crippen LogP contribution in [0.3, 0.4) is 0 Å². The molecule has 0 aromatic carbocycles. The first kappa shape index (κ1) is 16.6. The van der Waals surface area contributed by atoms with Crippen LogP contribution in [0.2, 0.25) is 0 Å². The molecule has 0 aliphatic carbocycles. The van der Waals surface area contributed by atoms with Crippen molar-refractivity contribution in [2.45, 2.75) is 15.8 Å². The van der Waals surface area contributed by atoms with Gasteiger partial charge in [0.25, 0.3) is 0 Å². The van der Waals surface area contributed by atoms with Crippen LogP contribution in [-0.2, 0) is 16.6 Å². The first-order valence-electron chi connectivity index (χ1n) is 7.37. The van der Waals surface area contributed by atoms with Gasteiger partial charge >= 0.3 is 5.97 Å². The van der Waals surface area contributed by atoms with E-state index >= 15 is 0 Å². The van der Waals surface area contributed by atoms with Crippen LogP contribution in [0, 0.1) is 6.42 Å². The number of thioether (sulfide) groups is 2. The van der Waals surface area contributed by atoms with Gasteiger partial charge in [0.15, 0.2) is 22.8 Å². The molecule has 1 N–H and O–H groups in total. The molecule has 4 rings (SSSR count). The third-order valence-corrected chi connectivity index (χ3v) is 7.08. The van der Waals surface area contributed by atoms with Crippen LogP contribution in [0.15, 0.2) is 44.6 Å². The molecule has 0 spiro atoms. The smallest absolute Gasteiger partial charge is 0.331 e. The largest absolute Gasteiger partial charge is 0.479 e. The summed E-state index contributed by atoms with van der Waals surface area (Å²) >= 11 is 4.23. The standard InChI is InChI=1S/C16H12N3O3S3/c1-18-4-2-9(3-5-18)10-7-24-16(17-10)25-11-8-23-13-6-12(20)19(13)14(11)15(21)22/h2-8,13-14H,1H3/p+1/t13-,14?/m1/s1. The third-order valence-electron chi connectivity index (χ3n) is 3.88. The summed E-state index contributed by atoms with van der Waals surface area (Å²) in [6.07, 6.45) is 5.44. The van der Waals surface area contributed by atoms with Gasteiger partial charge < -0.3 is 10.0 Å². The Morgan fingerprint density at radius 1 is 1.40 bits per heavy atom. The summed E-state index contributed by atoms with van der Waals surface area (Å²) in [5.74, 6) is -1.24. The Morgan fingerprint density at radius 3 is 2.84 bits per heavy atom. The minimum absolute atomic E-state index is 0.171. The highest BCUT2D eigenvalue weighted by Crippen LogP contribution is 2.45. The zero-order chi connectivity index (χ0) is 17.6. The predicted molar refractivity (Wildman–Crippen MR) is 96.6 cm³/mol. The highest BCUT2D eigenvalue weighted by Gasteiger charge is 2.48. The number of β-lactam (4-membered cyclic amide) rings is 1. The highest BCUT2D eigenvalue weighted by molar-refractivity contribution is 8.07. The number of aryl methyl sites for hydroxylation is 1. The molecule has 0 saturated carbocycles. The molecule has 2 aliphatic rings. The van der Waals surface area contributed by atoms with Crippen LogP contribution in [-0.4, -0.2) is 38.3 Å². The molecule has 4 heterocycles. The zero-order valence-electron chi connectivity index (χ0n) is 13.0. The van der Waals surface area contributed by atoms with E-state index in [0.717, 1.165) is 15.6 Å². The topological polar surface area (TPSA) is 74.4 Å². The van der Waals surface area contributed by atoms with Crippen LogP contribution >= 0.6 is 34.9 Å². The lowest BCUT2D eigenvalue weighted by Crippen LogP contribution is -2.60. The lowest BCUT2D eigenvalue weighted by atomic mass is 10.1. The van der Waals surface area contributed by atoms with E-state index in [9.17, 15) is 14.7 Å². The van der Waals surface area contributed by atoms with Crippen molar-refractivity contribution in [2.75, 3.05) is 0 Å². The lowest BCUT2D eigenvalue weighted by molar-refractivity contribution is -0.671. The molecular weight excluding hydrogens is 378 g/mol. The van der Waals surface area contributed by atoms with Crippen molar-refractivity contribution < 1.29 is 19.3 Å². The van der Waals surface area contributed by atoms with Crippen molar-refractivity contribution in [3.05, 3.63) is 46.6 Å². The number of thiazole rings is 1. The molecule has 1 unspecified atom stereocenters. The number of aromatic nitrogens is 2. The third kappa shape index (κ3) is 3.07. The number of carbonyl (C=O) groups excluding carboxylic acids is 1. The summed E-state index contributed by atoms with van der Waals surface area (Å²) in [6.45, 7) is 0. The first-order chi connectivity index (χ1) is 12.0. The van der Waals surface area contributed by atoms with Crippen LogP contribution in [0.4, 0.5) is 0 Å². The molecule has 1 amide bonds. The number of hydrogen-bond acceptors (Lipinski definition) is 6. The van der Waals surface area contributed by atoms with Gasteiger partial charge in [-0.05, 0) is 5.41 Å². The van der Waals surface area contributed by atoms with Gasteiger partial charge in [-0.3, -0.25) is 4.79 Å². The number of rotatable bonds is 4. The number of fused-ring (bicyclic) bond motifs is 1. The molecular formula is C16H13N3O3S3+. The average Bonchev–Trinajstić information content (AvgIpc) is 3.04. The first-order valence-corrected chi connectivity index (χ1v) is 10.0. The van der Waals surface area contributed by atoms with Gasteiger partial charge in [-0.15, -0.1) is 23.1 Å². The summed E-state index contributed by atoms with van der Waals surface area (Å²) in [5, 5.41) is 13.2. The van der Waals surface area contributed by atoms with Gasteiger partial charge in [-0.25, -0.2) is 14.3 Å². The molecule has 1 saturated heterocycles. The zero-order valence-corrected chi connectivity index (χ0v) is 15.5. The van der Waals surface area contributed by atoms with Crippen molar-refractivity contribution >= 4 is 46.7 Å². The van der Waals surface area contributed by atoms with E-state index in [4.69, 9.17) is 0 Å². The number of hydrogen-bond donors (Lipinski definition) is 1. The van der Waals surface area contributed by atoms with Crippen molar-refractivity contribution in [2.24, 2.45) is 7.05 Å². The van der Waals surface area contributed by atoms with Gasteiger partial charge in [-0.2, -0.15) is 0 Å². The summed E-state index contributed by atoms with van der Waals surface area (Å²) < 4.78 is 2.71. The van der Waals surface area contributed by atoms with Crippen LogP contribution in [0.5, 0.6) is 0 Å². The quantitative estimate of drug-likeness (QED) is 0.636. The maximum atomic E-state index is 11.7. The molecule has 6 nitrogen and oxygen atoms in total. The fourth-order valence-electron chi connectivity index (χ4n) is 2.58. The normalized spacial score (nSPS) is 22.2. The highest BCUT2D eigenvalue weighted by atomic mass is 32.2. The maximum absolute atomic E-state index is 11.7. The molecule has 25 heavy (non-hydrogen) atoms.